The molecule has 4 heteroatoms. The highest BCUT2D eigenvalue weighted by atomic mass is 16.3. The molecule has 3 N–H and O–H groups in total. The third kappa shape index (κ3) is 1.60. The second kappa shape index (κ2) is 3.70. The van der Waals surface area contributed by atoms with Crippen LogP contribution in [0.5, 0.6) is 0 Å². The SMILES string of the molecule is Cc1cc(-c2[nH]nc(N)c2C(C)C)c(C)o1. The number of nitrogens with zero attached hydrogens (tertiary/aromatic N) is 1. The molecule has 0 unspecified atom stereocenters. The summed E-state index contributed by atoms with van der Waals surface area (Å²) in [6.45, 7) is 8.09. The van der Waals surface area contributed by atoms with E-state index in [0.717, 1.165) is 28.3 Å². The van der Waals surface area contributed by atoms with Crippen molar-refractivity contribution < 1.29 is 4.42 Å². The van der Waals surface area contributed by atoms with Crippen molar-refractivity contribution in [3.8, 4) is 11.3 Å². The van der Waals surface area contributed by atoms with Gasteiger partial charge < -0.3 is 10.2 Å². The third-order valence-corrected chi connectivity index (χ3v) is 2.72. The maximum absolute atomic E-state index is 5.86. The number of aromatic nitrogens is 2. The van der Waals surface area contributed by atoms with Gasteiger partial charge in [-0.25, -0.2) is 0 Å². The maximum Gasteiger partial charge on any atom is 0.149 e. The minimum absolute atomic E-state index is 0.336. The van der Waals surface area contributed by atoms with Crippen molar-refractivity contribution in [2.24, 2.45) is 0 Å². The number of anilines is 1. The van der Waals surface area contributed by atoms with Crippen molar-refractivity contribution in [2.75, 3.05) is 5.73 Å². The minimum Gasteiger partial charge on any atom is -0.466 e. The van der Waals surface area contributed by atoms with Gasteiger partial charge in [-0.2, -0.15) is 5.10 Å². The van der Waals surface area contributed by atoms with Gasteiger partial charge in [-0.05, 0) is 25.8 Å². The van der Waals surface area contributed by atoms with Crippen LogP contribution in [0.3, 0.4) is 0 Å². The molecule has 0 aliphatic rings. The van der Waals surface area contributed by atoms with Gasteiger partial charge in [0.25, 0.3) is 0 Å². The van der Waals surface area contributed by atoms with E-state index in [1.807, 2.05) is 19.9 Å². The Morgan fingerprint density at radius 1 is 1.38 bits per heavy atom. The number of rotatable bonds is 2. The van der Waals surface area contributed by atoms with E-state index in [1.54, 1.807) is 0 Å². The van der Waals surface area contributed by atoms with Crippen molar-refractivity contribution in [1.29, 1.82) is 0 Å². The Morgan fingerprint density at radius 3 is 2.56 bits per heavy atom. The van der Waals surface area contributed by atoms with Gasteiger partial charge in [0.2, 0.25) is 0 Å². The number of hydrogen-bond acceptors (Lipinski definition) is 3. The molecule has 0 aromatic carbocycles. The third-order valence-electron chi connectivity index (χ3n) is 2.72. The van der Waals surface area contributed by atoms with Gasteiger partial charge in [-0.3, -0.25) is 5.10 Å². The van der Waals surface area contributed by atoms with Crippen LogP contribution in [0, 0.1) is 13.8 Å². The Balaban J connectivity index is 2.60. The molecule has 2 aromatic heterocycles. The average molecular weight is 219 g/mol. The zero-order chi connectivity index (χ0) is 11.9. The number of nitrogen functional groups attached to an aromatic ring is 1. The lowest BCUT2D eigenvalue weighted by Crippen LogP contribution is -1.95. The summed E-state index contributed by atoms with van der Waals surface area (Å²) in [7, 11) is 0. The Hall–Kier alpha value is -1.71. The molecular weight excluding hydrogens is 202 g/mol. The standard InChI is InChI=1S/C12H17N3O/c1-6(2)10-11(14-15-12(10)13)9-5-7(3)16-8(9)4/h5-6H,1-4H3,(H3,13,14,15). The first-order valence-corrected chi connectivity index (χ1v) is 5.41. The number of hydrogen-bond donors (Lipinski definition) is 2. The largest absolute Gasteiger partial charge is 0.466 e. The van der Waals surface area contributed by atoms with Crippen molar-refractivity contribution in [1.82, 2.24) is 10.2 Å². The van der Waals surface area contributed by atoms with E-state index in [0.29, 0.717) is 11.7 Å². The summed E-state index contributed by atoms with van der Waals surface area (Å²) in [6, 6.07) is 2.01. The van der Waals surface area contributed by atoms with E-state index < -0.39 is 0 Å². The van der Waals surface area contributed by atoms with Crippen LogP contribution in [0.2, 0.25) is 0 Å². The lowest BCUT2D eigenvalue weighted by molar-refractivity contribution is 0.505. The summed E-state index contributed by atoms with van der Waals surface area (Å²) in [5.41, 5.74) is 8.94. The van der Waals surface area contributed by atoms with Gasteiger partial charge in [0.1, 0.15) is 17.3 Å². The van der Waals surface area contributed by atoms with Crippen molar-refractivity contribution in [3.63, 3.8) is 0 Å². The first-order chi connectivity index (χ1) is 7.50. The Kier molecular flexibility index (Phi) is 2.50. The lowest BCUT2D eigenvalue weighted by Gasteiger charge is -2.06. The van der Waals surface area contributed by atoms with E-state index in [4.69, 9.17) is 10.2 Å². The molecule has 0 spiro atoms. The van der Waals surface area contributed by atoms with Crippen LogP contribution in [0.25, 0.3) is 11.3 Å². The number of furan rings is 1. The number of aromatic amines is 1. The zero-order valence-electron chi connectivity index (χ0n) is 10.1. The molecule has 2 rings (SSSR count). The summed E-state index contributed by atoms with van der Waals surface area (Å²) < 4.78 is 5.52. The highest BCUT2D eigenvalue weighted by Gasteiger charge is 2.18. The van der Waals surface area contributed by atoms with Gasteiger partial charge in [-0.15, -0.1) is 0 Å². The number of H-pyrrole nitrogens is 1. The Bertz CT molecular complexity index is 508. The van der Waals surface area contributed by atoms with E-state index in [1.165, 1.54) is 0 Å². The molecule has 86 valence electrons. The Labute approximate surface area is 94.8 Å². The van der Waals surface area contributed by atoms with Crippen LogP contribution in [-0.2, 0) is 0 Å². The molecule has 0 bridgehead atoms. The van der Waals surface area contributed by atoms with Crippen LogP contribution >= 0.6 is 0 Å². The van der Waals surface area contributed by atoms with Crippen LogP contribution in [0.1, 0.15) is 36.8 Å². The summed E-state index contributed by atoms with van der Waals surface area (Å²) in [4.78, 5) is 0. The minimum atomic E-state index is 0.336. The van der Waals surface area contributed by atoms with E-state index in [9.17, 15) is 0 Å². The van der Waals surface area contributed by atoms with Crippen LogP contribution in [0.15, 0.2) is 10.5 Å². The molecule has 0 radical (unpaired) electrons. The predicted octanol–water partition coefficient (Wildman–Crippen LogP) is 2.99. The normalized spacial score (nSPS) is 11.3. The molecule has 2 aromatic rings. The maximum atomic E-state index is 5.86. The van der Waals surface area contributed by atoms with E-state index >= 15 is 0 Å². The number of nitrogens with two attached hydrogens (primary N) is 1. The molecule has 0 atom stereocenters. The van der Waals surface area contributed by atoms with Gasteiger partial charge >= 0.3 is 0 Å². The van der Waals surface area contributed by atoms with Crippen molar-refractivity contribution in [3.05, 3.63) is 23.2 Å². The summed E-state index contributed by atoms with van der Waals surface area (Å²) >= 11 is 0. The van der Waals surface area contributed by atoms with Gasteiger partial charge in [-0.1, -0.05) is 13.8 Å². The smallest absolute Gasteiger partial charge is 0.149 e. The highest BCUT2D eigenvalue weighted by Crippen LogP contribution is 2.34. The van der Waals surface area contributed by atoms with Crippen LogP contribution < -0.4 is 5.73 Å². The van der Waals surface area contributed by atoms with E-state index in [2.05, 4.69) is 24.0 Å². The topological polar surface area (TPSA) is 67.8 Å². The predicted molar refractivity (Wildman–Crippen MR) is 64.3 cm³/mol. The Morgan fingerprint density at radius 2 is 2.06 bits per heavy atom. The molecule has 16 heavy (non-hydrogen) atoms. The fraction of sp³-hybridized carbons (Fsp3) is 0.417. The van der Waals surface area contributed by atoms with Gasteiger partial charge in [0, 0.05) is 11.1 Å². The molecule has 0 fully saturated rings. The quantitative estimate of drug-likeness (QED) is 0.815. The molecule has 0 saturated carbocycles. The first kappa shape index (κ1) is 10.8. The van der Waals surface area contributed by atoms with Gasteiger partial charge in [0.15, 0.2) is 0 Å². The summed E-state index contributed by atoms with van der Waals surface area (Å²) in [5.74, 6) is 2.70. The van der Waals surface area contributed by atoms with Crippen LogP contribution in [-0.4, -0.2) is 10.2 Å². The van der Waals surface area contributed by atoms with Crippen LogP contribution in [0.4, 0.5) is 5.82 Å². The molecule has 4 nitrogen and oxygen atoms in total. The zero-order valence-corrected chi connectivity index (χ0v) is 10.1. The summed E-state index contributed by atoms with van der Waals surface area (Å²) in [5, 5.41) is 7.07. The number of nitrogens with one attached hydrogen (secondary N) is 1. The second-order valence-corrected chi connectivity index (χ2v) is 4.38. The highest BCUT2D eigenvalue weighted by molar-refractivity contribution is 5.70. The molecule has 0 aliphatic heterocycles. The fourth-order valence-electron chi connectivity index (χ4n) is 2.03. The summed E-state index contributed by atoms with van der Waals surface area (Å²) in [6.07, 6.45) is 0. The fourth-order valence-corrected chi connectivity index (χ4v) is 2.03. The lowest BCUT2D eigenvalue weighted by atomic mass is 9.99. The molecule has 0 saturated heterocycles. The monoisotopic (exact) mass is 219 g/mol. The average Bonchev–Trinajstić information content (AvgIpc) is 2.69. The van der Waals surface area contributed by atoms with Crippen molar-refractivity contribution in [2.45, 2.75) is 33.6 Å². The van der Waals surface area contributed by atoms with E-state index in [-0.39, 0.29) is 0 Å². The molecule has 0 amide bonds. The second-order valence-electron chi connectivity index (χ2n) is 4.38. The molecule has 0 aliphatic carbocycles. The molecule has 2 heterocycles. The number of aryl methyl sites for hydroxylation is 2. The molecular formula is C12H17N3O. The van der Waals surface area contributed by atoms with Crippen molar-refractivity contribution >= 4 is 5.82 Å². The first-order valence-electron chi connectivity index (χ1n) is 5.41. The van der Waals surface area contributed by atoms with Gasteiger partial charge in [0.05, 0.1) is 5.69 Å².